The number of hydrogen-bond donors (Lipinski definition) is 2. The van der Waals surface area contributed by atoms with Crippen LogP contribution >= 0.6 is 15.9 Å². The van der Waals surface area contributed by atoms with Gasteiger partial charge in [-0.1, -0.05) is 46.3 Å². The SMILES string of the molecule is CC(C)(C)OC(=O)n1c(C(=N)c2cc(OCc3ccccc3)cc3c2[NH2+]C(=O)OC3(C)C)cc2cc(OCCBr)ccc21. The maximum Gasteiger partial charge on any atom is 0.518 e. The first-order chi connectivity index (χ1) is 20.4. The van der Waals surface area contributed by atoms with Gasteiger partial charge in [-0.15, -0.1) is 0 Å². The lowest BCUT2D eigenvalue weighted by atomic mass is 9.90. The predicted octanol–water partition coefficient (Wildman–Crippen LogP) is 6.77. The molecule has 0 saturated heterocycles. The summed E-state index contributed by atoms with van der Waals surface area (Å²) in [5.74, 6) is 1.14. The van der Waals surface area contributed by atoms with E-state index in [9.17, 15) is 15.0 Å². The monoisotopic (exact) mass is 648 g/mol. The third-order valence-electron chi connectivity index (χ3n) is 6.89. The Balaban J connectivity index is 1.66. The number of cyclic esters (lactones) is 1. The van der Waals surface area contributed by atoms with Gasteiger partial charge in [0.1, 0.15) is 29.3 Å². The zero-order valence-corrected chi connectivity index (χ0v) is 26.4. The molecule has 224 valence electrons. The van der Waals surface area contributed by atoms with Crippen molar-refractivity contribution in [3.8, 4) is 11.5 Å². The van der Waals surface area contributed by atoms with Crippen molar-refractivity contribution in [2.75, 3.05) is 11.9 Å². The summed E-state index contributed by atoms with van der Waals surface area (Å²) >= 11 is 3.37. The quantitative estimate of drug-likeness (QED) is 0.124. The average Bonchev–Trinajstić information content (AvgIpc) is 3.33. The van der Waals surface area contributed by atoms with Gasteiger partial charge in [-0.05, 0) is 76.6 Å². The molecule has 1 amide bonds. The van der Waals surface area contributed by atoms with Crippen LogP contribution in [-0.4, -0.2) is 40.0 Å². The van der Waals surface area contributed by atoms with Crippen LogP contribution in [0.15, 0.2) is 66.7 Å². The Labute approximate surface area is 258 Å². The van der Waals surface area contributed by atoms with E-state index in [0.717, 1.165) is 5.56 Å². The van der Waals surface area contributed by atoms with Gasteiger partial charge in [0.05, 0.1) is 34.7 Å². The van der Waals surface area contributed by atoms with E-state index < -0.39 is 23.4 Å². The highest BCUT2D eigenvalue weighted by Crippen LogP contribution is 2.38. The molecule has 43 heavy (non-hydrogen) atoms. The molecule has 0 radical (unpaired) electrons. The highest BCUT2D eigenvalue weighted by Gasteiger charge is 2.40. The van der Waals surface area contributed by atoms with Crippen molar-refractivity contribution in [3.63, 3.8) is 0 Å². The van der Waals surface area contributed by atoms with Crippen LogP contribution in [0.3, 0.4) is 0 Å². The highest BCUT2D eigenvalue weighted by atomic mass is 79.9. The molecule has 0 fully saturated rings. The number of ether oxygens (including phenoxy) is 4. The Bertz CT molecular complexity index is 1710. The van der Waals surface area contributed by atoms with Gasteiger partial charge in [0.2, 0.25) is 0 Å². The fourth-order valence-corrected chi connectivity index (χ4v) is 5.19. The first-order valence-corrected chi connectivity index (χ1v) is 15.1. The molecule has 0 saturated carbocycles. The predicted molar refractivity (Wildman–Crippen MR) is 167 cm³/mol. The number of hydrogen-bond acceptors (Lipinski definition) is 7. The van der Waals surface area contributed by atoms with Gasteiger partial charge in [0.25, 0.3) is 0 Å². The van der Waals surface area contributed by atoms with E-state index in [0.29, 0.717) is 63.5 Å². The fourth-order valence-electron chi connectivity index (χ4n) is 5.03. The number of fused-ring (bicyclic) bond motifs is 2. The topological polar surface area (TPSA) is 116 Å². The summed E-state index contributed by atoms with van der Waals surface area (Å²) in [6.07, 6.45) is -1.13. The van der Waals surface area contributed by atoms with Crippen LogP contribution in [-0.2, 0) is 21.7 Å². The van der Waals surface area contributed by atoms with Crippen LogP contribution < -0.4 is 14.8 Å². The van der Waals surface area contributed by atoms with Crippen molar-refractivity contribution in [1.29, 1.82) is 5.41 Å². The zero-order valence-electron chi connectivity index (χ0n) is 24.8. The Kier molecular flexibility index (Phi) is 8.36. The standard InChI is InChI=1S/C33H34BrN3O6/c1-32(2,3)43-31(39)37-26-12-11-22(40-14-13-34)15-21(26)16-27(37)28(35)24-17-23(41-19-20-9-7-6-8-10-20)18-25-29(24)36-30(38)42-33(25,4)5/h6-12,15-18,35H,13-14,19H2,1-5H3,(H,36,38)/p+1. The lowest BCUT2D eigenvalue weighted by Gasteiger charge is -2.30. The normalized spacial score (nSPS) is 14.1. The minimum atomic E-state index is -0.970. The molecule has 1 aromatic heterocycles. The van der Waals surface area contributed by atoms with E-state index in [1.54, 1.807) is 58.9 Å². The number of alkyl halides is 1. The Hall–Kier alpha value is -4.15. The first kappa shape index (κ1) is 30.3. The lowest BCUT2D eigenvalue weighted by molar-refractivity contribution is -0.497. The van der Waals surface area contributed by atoms with Crippen molar-refractivity contribution < 1.29 is 33.9 Å². The van der Waals surface area contributed by atoms with Crippen LogP contribution in [0.1, 0.15) is 57.0 Å². The highest BCUT2D eigenvalue weighted by molar-refractivity contribution is 9.09. The number of halogens is 1. The van der Waals surface area contributed by atoms with Gasteiger partial charge in [-0.25, -0.2) is 14.7 Å². The number of carbonyl (C=O) groups excluding carboxylic acids is 2. The summed E-state index contributed by atoms with van der Waals surface area (Å²) < 4.78 is 24.8. The third kappa shape index (κ3) is 6.60. The van der Waals surface area contributed by atoms with Crippen LogP contribution in [0, 0.1) is 5.41 Å². The van der Waals surface area contributed by atoms with E-state index >= 15 is 0 Å². The third-order valence-corrected chi connectivity index (χ3v) is 7.21. The molecule has 1 aliphatic heterocycles. The maximum absolute atomic E-state index is 13.6. The number of amides is 1. The van der Waals surface area contributed by atoms with Gasteiger partial charge in [0.15, 0.2) is 5.69 Å². The van der Waals surface area contributed by atoms with Gasteiger partial charge in [0, 0.05) is 10.7 Å². The van der Waals surface area contributed by atoms with Crippen LogP contribution in [0.2, 0.25) is 0 Å². The van der Waals surface area contributed by atoms with Gasteiger partial charge < -0.3 is 18.9 Å². The number of carbonyl (C=O) groups is 2. The summed E-state index contributed by atoms with van der Waals surface area (Å²) in [5.41, 5.74) is 1.80. The van der Waals surface area contributed by atoms with Crippen molar-refractivity contribution in [2.45, 2.75) is 52.4 Å². The number of nitrogens with zero attached hydrogens (tertiary/aromatic N) is 1. The van der Waals surface area contributed by atoms with E-state index in [2.05, 4.69) is 15.9 Å². The van der Waals surface area contributed by atoms with E-state index in [-0.39, 0.29) is 5.71 Å². The second-order valence-electron chi connectivity index (χ2n) is 11.8. The molecular weight excluding hydrogens is 614 g/mol. The van der Waals surface area contributed by atoms with Crippen LogP contribution in [0.5, 0.6) is 11.5 Å². The number of nitrogens with two attached hydrogens (primary N) is 1. The number of primary amides is 1. The summed E-state index contributed by atoms with van der Waals surface area (Å²) in [4.78, 5) is 26.3. The zero-order chi connectivity index (χ0) is 30.9. The molecule has 0 atom stereocenters. The molecule has 4 aromatic rings. The van der Waals surface area contributed by atoms with E-state index in [1.165, 1.54) is 9.88 Å². The number of benzene rings is 3. The molecule has 0 bridgehead atoms. The molecule has 0 unspecified atom stereocenters. The van der Waals surface area contributed by atoms with E-state index in [1.807, 2.05) is 42.5 Å². The lowest BCUT2D eigenvalue weighted by Crippen LogP contribution is -2.85. The Morgan fingerprint density at radius 1 is 1.02 bits per heavy atom. The summed E-state index contributed by atoms with van der Waals surface area (Å²) in [7, 11) is 0. The maximum atomic E-state index is 13.6. The Morgan fingerprint density at radius 3 is 2.47 bits per heavy atom. The van der Waals surface area contributed by atoms with E-state index in [4.69, 9.17) is 18.9 Å². The number of rotatable bonds is 8. The van der Waals surface area contributed by atoms with Crippen LogP contribution in [0.4, 0.5) is 15.3 Å². The van der Waals surface area contributed by atoms with Crippen molar-refractivity contribution in [1.82, 2.24) is 4.57 Å². The number of nitrogens with one attached hydrogen (secondary N) is 1. The molecule has 0 aliphatic carbocycles. The molecule has 1 aliphatic rings. The van der Waals surface area contributed by atoms with Gasteiger partial charge in [-0.2, -0.15) is 4.79 Å². The molecule has 5 rings (SSSR count). The summed E-state index contributed by atoms with van der Waals surface area (Å²) in [6, 6.07) is 20.5. The number of quaternary nitrogens is 1. The molecule has 9 nitrogen and oxygen atoms in total. The fraction of sp³-hybridized carbons (Fsp3) is 0.303. The molecule has 3 N–H and O–H groups in total. The van der Waals surface area contributed by atoms with Gasteiger partial charge in [-0.3, -0.25) is 5.41 Å². The Morgan fingerprint density at radius 2 is 1.77 bits per heavy atom. The van der Waals surface area contributed by atoms with Crippen LogP contribution in [0.25, 0.3) is 10.9 Å². The smallest absolute Gasteiger partial charge is 0.493 e. The second-order valence-corrected chi connectivity index (χ2v) is 12.6. The number of aromatic nitrogens is 1. The average molecular weight is 650 g/mol. The molecular formula is C33H35BrN3O6+. The molecule has 3 aromatic carbocycles. The van der Waals surface area contributed by atoms with Gasteiger partial charge >= 0.3 is 12.2 Å². The second kappa shape index (κ2) is 11.9. The largest absolute Gasteiger partial charge is 0.518 e. The molecule has 2 heterocycles. The van der Waals surface area contributed by atoms with Crippen molar-refractivity contribution >= 4 is 50.4 Å². The minimum absolute atomic E-state index is 0.0214. The minimum Gasteiger partial charge on any atom is -0.493 e. The molecule has 10 heteroatoms. The summed E-state index contributed by atoms with van der Waals surface area (Å²) in [5, 5.41) is 12.2. The molecule has 0 spiro atoms. The van der Waals surface area contributed by atoms with Crippen molar-refractivity contribution in [3.05, 3.63) is 89.1 Å². The summed E-state index contributed by atoms with van der Waals surface area (Å²) in [6.45, 7) is 9.77. The first-order valence-electron chi connectivity index (χ1n) is 14.0. The van der Waals surface area contributed by atoms with Crippen molar-refractivity contribution in [2.24, 2.45) is 0 Å².